The molecule has 1 aliphatic rings. The van der Waals surface area contributed by atoms with Gasteiger partial charge in [-0.05, 0) is 69.1 Å². The number of methoxy groups -OCH3 is 1. The van der Waals surface area contributed by atoms with Crippen molar-refractivity contribution in [2.75, 3.05) is 40.1 Å². The van der Waals surface area contributed by atoms with Gasteiger partial charge in [0.1, 0.15) is 18.6 Å². The number of aldehydes is 1. The van der Waals surface area contributed by atoms with Crippen molar-refractivity contribution in [3.05, 3.63) is 54.1 Å². The van der Waals surface area contributed by atoms with Crippen LogP contribution in [0.4, 0.5) is 0 Å². The van der Waals surface area contributed by atoms with Crippen molar-refractivity contribution in [2.45, 2.75) is 71.3 Å². The molecule has 0 radical (unpaired) electrons. The predicted molar refractivity (Wildman–Crippen MR) is 150 cm³/mol. The Kier molecular flexibility index (Phi) is 18.1. The van der Waals surface area contributed by atoms with E-state index >= 15 is 0 Å². The van der Waals surface area contributed by atoms with Crippen LogP contribution in [0.5, 0.6) is 5.75 Å². The second-order valence-electron chi connectivity index (χ2n) is 9.89. The molecular weight excluding hydrogens is 484 g/mol. The average Bonchev–Trinajstić information content (AvgIpc) is 2.94. The number of rotatable bonds is 17. The van der Waals surface area contributed by atoms with E-state index in [-0.39, 0.29) is 30.2 Å². The monoisotopic (exact) mass is 532 g/mol. The molecule has 1 fully saturated rings. The van der Waals surface area contributed by atoms with Gasteiger partial charge in [-0.1, -0.05) is 45.1 Å². The molecule has 0 saturated heterocycles. The van der Waals surface area contributed by atoms with E-state index in [2.05, 4.69) is 44.3 Å². The lowest BCUT2D eigenvalue weighted by Gasteiger charge is -2.33. The molecule has 0 spiro atoms. The normalized spacial score (nSPS) is 17.5. The van der Waals surface area contributed by atoms with Crippen molar-refractivity contribution in [1.82, 2.24) is 0 Å². The van der Waals surface area contributed by atoms with Crippen LogP contribution in [-0.2, 0) is 30.2 Å². The van der Waals surface area contributed by atoms with Crippen LogP contribution in [0.3, 0.4) is 0 Å². The lowest BCUT2D eigenvalue weighted by atomic mass is 9.79. The van der Waals surface area contributed by atoms with Gasteiger partial charge in [-0.2, -0.15) is 0 Å². The third-order valence-corrected chi connectivity index (χ3v) is 6.61. The smallest absolute Gasteiger partial charge is 0.333 e. The van der Waals surface area contributed by atoms with Gasteiger partial charge in [0.2, 0.25) is 0 Å². The summed E-state index contributed by atoms with van der Waals surface area (Å²) in [6.07, 6.45) is 9.89. The third kappa shape index (κ3) is 14.5. The fourth-order valence-corrected chi connectivity index (χ4v) is 4.31. The van der Waals surface area contributed by atoms with Crippen LogP contribution in [0.25, 0.3) is 0 Å². The molecule has 1 unspecified atom stereocenters. The molecule has 0 heterocycles. The van der Waals surface area contributed by atoms with Gasteiger partial charge >= 0.3 is 5.97 Å². The topological polar surface area (TPSA) is 91.3 Å². The molecular formula is C31H48O7. The Bertz CT molecular complexity index is 810. The summed E-state index contributed by atoms with van der Waals surface area (Å²) in [5.41, 5.74) is 2.03. The molecule has 7 heteroatoms. The molecule has 0 aromatic heterocycles. The van der Waals surface area contributed by atoms with Crippen molar-refractivity contribution in [1.29, 1.82) is 0 Å². The molecule has 1 N–H and O–H groups in total. The maximum atomic E-state index is 11.7. The molecule has 214 valence electrons. The zero-order valence-electron chi connectivity index (χ0n) is 23.6. The van der Waals surface area contributed by atoms with Gasteiger partial charge in [0.15, 0.2) is 0 Å². The van der Waals surface area contributed by atoms with Crippen LogP contribution < -0.4 is 4.74 Å². The molecule has 7 nitrogen and oxygen atoms in total. The van der Waals surface area contributed by atoms with Gasteiger partial charge in [0.05, 0.1) is 32.5 Å². The van der Waals surface area contributed by atoms with E-state index in [0.717, 1.165) is 37.9 Å². The SMILES string of the molecule is C=C(C)C(=O)OCC(COC)C1CCC(OCCOc2ccc(CCCCC)cc2)CC1.C=C(C=O)CO. The molecule has 0 amide bonds. The maximum absolute atomic E-state index is 11.7. The van der Waals surface area contributed by atoms with Crippen molar-refractivity contribution in [3.8, 4) is 5.75 Å². The van der Waals surface area contributed by atoms with Crippen molar-refractivity contribution in [3.63, 3.8) is 0 Å². The number of aryl methyl sites for hydroxylation is 1. The van der Waals surface area contributed by atoms with Crippen molar-refractivity contribution in [2.24, 2.45) is 11.8 Å². The summed E-state index contributed by atoms with van der Waals surface area (Å²) in [5.74, 6) is 1.29. The number of unbranched alkanes of at least 4 members (excludes halogenated alkanes) is 2. The fraction of sp³-hybridized carbons (Fsp3) is 0.613. The minimum absolute atomic E-state index is 0.218. The summed E-state index contributed by atoms with van der Waals surface area (Å²) < 4.78 is 22.7. The Hall–Kier alpha value is -2.48. The molecule has 2 rings (SSSR count). The molecule has 1 aromatic rings. The number of hydrogen-bond acceptors (Lipinski definition) is 7. The second kappa shape index (κ2) is 20.5. The molecule has 1 aliphatic carbocycles. The Balaban J connectivity index is 0.00000107. The number of ether oxygens (including phenoxy) is 4. The second-order valence-corrected chi connectivity index (χ2v) is 9.89. The first-order valence-corrected chi connectivity index (χ1v) is 13.7. The summed E-state index contributed by atoms with van der Waals surface area (Å²) in [6, 6.07) is 8.45. The molecule has 1 atom stereocenters. The van der Waals surface area contributed by atoms with Crippen LogP contribution >= 0.6 is 0 Å². The number of aliphatic hydroxyl groups excluding tert-OH is 1. The fourth-order valence-electron chi connectivity index (χ4n) is 4.31. The summed E-state index contributed by atoms with van der Waals surface area (Å²) in [5, 5.41) is 8.00. The van der Waals surface area contributed by atoms with Crippen LogP contribution in [0, 0.1) is 11.8 Å². The Morgan fingerprint density at radius 2 is 1.76 bits per heavy atom. The lowest BCUT2D eigenvalue weighted by molar-refractivity contribution is -0.142. The Labute approximate surface area is 229 Å². The van der Waals surface area contributed by atoms with Crippen LogP contribution in [0.2, 0.25) is 0 Å². The quantitative estimate of drug-likeness (QED) is 0.123. The third-order valence-electron chi connectivity index (χ3n) is 6.61. The first-order chi connectivity index (χ1) is 18.3. The highest BCUT2D eigenvalue weighted by molar-refractivity contribution is 5.86. The van der Waals surface area contributed by atoms with Gasteiger partial charge in [-0.25, -0.2) is 4.79 Å². The highest BCUT2D eigenvalue weighted by Crippen LogP contribution is 2.32. The van der Waals surface area contributed by atoms with Gasteiger partial charge < -0.3 is 24.1 Å². The van der Waals surface area contributed by atoms with E-state index in [9.17, 15) is 9.59 Å². The average molecular weight is 533 g/mol. The number of carbonyl (C=O) groups is 2. The first-order valence-electron chi connectivity index (χ1n) is 13.7. The predicted octanol–water partition coefficient (Wildman–Crippen LogP) is 5.49. The van der Waals surface area contributed by atoms with Gasteiger partial charge in [0, 0.05) is 24.2 Å². The summed E-state index contributed by atoms with van der Waals surface area (Å²) >= 11 is 0. The Morgan fingerprint density at radius 1 is 1.08 bits per heavy atom. The number of esters is 1. The highest BCUT2D eigenvalue weighted by atomic mass is 16.5. The zero-order chi connectivity index (χ0) is 28.2. The number of hydrogen-bond donors (Lipinski definition) is 1. The van der Waals surface area contributed by atoms with E-state index in [0.29, 0.717) is 44.2 Å². The standard InChI is InChI=1S/C27H42O5.C4H6O2/c1-5-6-7-8-22-9-13-25(14-10-22)30-17-18-31-26-15-11-23(12-16-26)24(19-29-4)20-32-27(28)21(2)3;1-4(2-5)3-6/h9-10,13-14,23-24,26H,2,5-8,11-12,15-20H2,1,3-4H3;2,6H,1,3H2. The molecule has 0 bridgehead atoms. The lowest BCUT2D eigenvalue weighted by Crippen LogP contribution is -2.32. The molecule has 1 saturated carbocycles. The van der Waals surface area contributed by atoms with E-state index in [1.54, 1.807) is 14.0 Å². The van der Waals surface area contributed by atoms with Crippen LogP contribution in [0.15, 0.2) is 48.6 Å². The largest absolute Gasteiger partial charge is 0.491 e. The minimum atomic E-state index is -0.325. The number of aliphatic hydroxyl groups is 1. The number of benzene rings is 1. The minimum Gasteiger partial charge on any atom is -0.491 e. The van der Waals surface area contributed by atoms with E-state index < -0.39 is 0 Å². The first kappa shape index (κ1) is 33.5. The summed E-state index contributed by atoms with van der Waals surface area (Å²) in [7, 11) is 1.70. The highest BCUT2D eigenvalue weighted by Gasteiger charge is 2.29. The van der Waals surface area contributed by atoms with Gasteiger partial charge in [0.25, 0.3) is 0 Å². The number of carbonyl (C=O) groups excluding carboxylic acids is 2. The van der Waals surface area contributed by atoms with Crippen molar-refractivity contribution < 1.29 is 33.6 Å². The molecule has 38 heavy (non-hydrogen) atoms. The van der Waals surface area contributed by atoms with Gasteiger partial charge in [-0.15, -0.1) is 0 Å². The van der Waals surface area contributed by atoms with E-state index in [1.807, 2.05) is 0 Å². The van der Waals surface area contributed by atoms with Gasteiger partial charge in [-0.3, -0.25) is 4.79 Å². The molecule has 0 aliphatic heterocycles. The Morgan fingerprint density at radius 3 is 2.29 bits per heavy atom. The maximum Gasteiger partial charge on any atom is 0.333 e. The summed E-state index contributed by atoms with van der Waals surface area (Å²) in [6.45, 7) is 12.6. The molecule has 1 aromatic carbocycles. The van der Waals surface area contributed by atoms with E-state index in [4.69, 9.17) is 24.1 Å². The van der Waals surface area contributed by atoms with Crippen molar-refractivity contribution >= 4 is 12.3 Å². The van der Waals surface area contributed by atoms with Crippen LogP contribution in [0.1, 0.15) is 64.4 Å². The van der Waals surface area contributed by atoms with Crippen LogP contribution in [-0.4, -0.2) is 63.6 Å². The summed E-state index contributed by atoms with van der Waals surface area (Å²) in [4.78, 5) is 21.2. The zero-order valence-corrected chi connectivity index (χ0v) is 23.6. The van der Waals surface area contributed by atoms with E-state index in [1.165, 1.54) is 24.8 Å².